The Morgan fingerprint density at radius 1 is 0.955 bits per heavy atom. The molecule has 4 rings (SSSR count). The van der Waals surface area contributed by atoms with Gasteiger partial charge in [0.2, 0.25) is 6.79 Å². The first-order valence-corrected chi connectivity index (χ1v) is 6.68. The summed E-state index contributed by atoms with van der Waals surface area (Å²) in [6, 6.07) is 10.0. The highest BCUT2D eigenvalue weighted by atomic mass is 16.7. The maximum absolute atomic E-state index is 10.0. The van der Waals surface area contributed by atoms with Crippen molar-refractivity contribution in [1.29, 1.82) is 0 Å². The van der Waals surface area contributed by atoms with E-state index in [2.05, 4.69) is 10.2 Å². The Labute approximate surface area is 125 Å². The summed E-state index contributed by atoms with van der Waals surface area (Å²) < 4.78 is 10.7. The molecule has 0 unspecified atom stereocenters. The Morgan fingerprint density at radius 3 is 2.68 bits per heavy atom. The number of aromatic nitrogens is 2. The molecule has 1 aliphatic heterocycles. The number of phenols is 2. The van der Waals surface area contributed by atoms with E-state index in [4.69, 9.17) is 9.47 Å². The predicted octanol–water partition coefficient (Wildman–Crippen LogP) is 2.88. The molecule has 22 heavy (non-hydrogen) atoms. The fourth-order valence-corrected chi connectivity index (χ4v) is 2.51. The molecule has 0 fully saturated rings. The number of H-pyrrole nitrogens is 1. The van der Waals surface area contributed by atoms with E-state index in [0.29, 0.717) is 22.8 Å². The van der Waals surface area contributed by atoms with Crippen molar-refractivity contribution in [1.82, 2.24) is 10.2 Å². The van der Waals surface area contributed by atoms with E-state index in [-0.39, 0.29) is 18.3 Å². The van der Waals surface area contributed by atoms with Gasteiger partial charge in [-0.05, 0) is 29.8 Å². The fraction of sp³-hybridized carbons (Fsp3) is 0.0625. The number of fused-ring (bicyclic) bond motifs is 1. The SMILES string of the molecule is Oc1ccc(-c2[nH]ncc2-c2ccc3c(c2)OCO3)c(O)c1. The van der Waals surface area contributed by atoms with Crippen LogP contribution >= 0.6 is 0 Å². The summed E-state index contributed by atoms with van der Waals surface area (Å²) in [6.07, 6.45) is 1.68. The molecule has 0 amide bonds. The van der Waals surface area contributed by atoms with Crippen molar-refractivity contribution in [3.05, 3.63) is 42.6 Å². The molecule has 3 aromatic rings. The standard InChI is InChI=1S/C16H12N2O4/c19-10-2-3-11(13(20)6-10)16-12(7-17-18-16)9-1-4-14-15(5-9)22-8-21-14/h1-7,19-20H,8H2,(H,17,18). The third-order valence-electron chi connectivity index (χ3n) is 3.57. The lowest BCUT2D eigenvalue weighted by atomic mass is 10.0. The second kappa shape index (κ2) is 4.70. The van der Waals surface area contributed by atoms with Gasteiger partial charge >= 0.3 is 0 Å². The maximum atomic E-state index is 10.0. The van der Waals surface area contributed by atoms with Gasteiger partial charge in [0.1, 0.15) is 11.5 Å². The summed E-state index contributed by atoms with van der Waals surface area (Å²) in [5.74, 6) is 1.37. The van der Waals surface area contributed by atoms with E-state index in [1.54, 1.807) is 12.3 Å². The van der Waals surface area contributed by atoms with Crippen molar-refractivity contribution in [2.75, 3.05) is 6.79 Å². The molecular weight excluding hydrogens is 284 g/mol. The molecule has 0 saturated heterocycles. The Hall–Kier alpha value is -3.15. The normalized spacial score (nSPS) is 12.5. The molecule has 1 aliphatic rings. The van der Waals surface area contributed by atoms with Crippen LogP contribution in [0, 0.1) is 0 Å². The minimum absolute atomic E-state index is 0.00500. The van der Waals surface area contributed by atoms with Crippen LogP contribution in [0.5, 0.6) is 23.0 Å². The average molecular weight is 296 g/mol. The lowest BCUT2D eigenvalue weighted by molar-refractivity contribution is 0.174. The van der Waals surface area contributed by atoms with E-state index in [1.807, 2.05) is 18.2 Å². The first kappa shape index (κ1) is 12.6. The molecule has 110 valence electrons. The minimum atomic E-state index is -0.0220. The van der Waals surface area contributed by atoms with Crippen LogP contribution in [0.25, 0.3) is 22.4 Å². The van der Waals surface area contributed by atoms with Gasteiger partial charge in [-0.15, -0.1) is 0 Å². The number of nitrogens with zero attached hydrogens (tertiary/aromatic N) is 1. The van der Waals surface area contributed by atoms with Crippen LogP contribution in [0.3, 0.4) is 0 Å². The van der Waals surface area contributed by atoms with E-state index >= 15 is 0 Å². The van der Waals surface area contributed by atoms with Crippen LogP contribution < -0.4 is 9.47 Å². The van der Waals surface area contributed by atoms with Crippen LogP contribution in [-0.4, -0.2) is 27.2 Å². The van der Waals surface area contributed by atoms with Gasteiger partial charge in [-0.25, -0.2) is 0 Å². The predicted molar refractivity (Wildman–Crippen MR) is 78.9 cm³/mol. The molecule has 0 atom stereocenters. The van der Waals surface area contributed by atoms with Gasteiger partial charge in [-0.1, -0.05) is 6.07 Å². The lowest BCUT2D eigenvalue weighted by Gasteiger charge is -2.07. The quantitative estimate of drug-likeness (QED) is 0.677. The highest BCUT2D eigenvalue weighted by Crippen LogP contribution is 2.40. The highest BCUT2D eigenvalue weighted by molar-refractivity contribution is 5.84. The first-order valence-electron chi connectivity index (χ1n) is 6.68. The zero-order chi connectivity index (χ0) is 15.1. The van der Waals surface area contributed by atoms with Crippen LogP contribution in [0.1, 0.15) is 0 Å². The molecule has 0 spiro atoms. The number of rotatable bonds is 2. The summed E-state index contributed by atoms with van der Waals surface area (Å²) in [4.78, 5) is 0. The second-order valence-corrected chi connectivity index (χ2v) is 4.93. The molecular formula is C16H12N2O4. The van der Waals surface area contributed by atoms with Crippen molar-refractivity contribution in [2.45, 2.75) is 0 Å². The summed E-state index contributed by atoms with van der Waals surface area (Å²) in [5.41, 5.74) is 2.93. The van der Waals surface area contributed by atoms with E-state index < -0.39 is 0 Å². The van der Waals surface area contributed by atoms with Gasteiger partial charge in [-0.2, -0.15) is 5.10 Å². The molecule has 2 heterocycles. The van der Waals surface area contributed by atoms with E-state index in [9.17, 15) is 10.2 Å². The van der Waals surface area contributed by atoms with Crippen LogP contribution in [-0.2, 0) is 0 Å². The Kier molecular flexibility index (Phi) is 2.69. The fourth-order valence-electron chi connectivity index (χ4n) is 2.51. The van der Waals surface area contributed by atoms with Gasteiger partial charge in [0.15, 0.2) is 11.5 Å². The zero-order valence-electron chi connectivity index (χ0n) is 11.4. The number of nitrogens with one attached hydrogen (secondary N) is 1. The number of aromatic amines is 1. The Balaban J connectivity index is 1.83. The molecule has 1 aromatic heterocycles. The third kappa shape index (κ3) is 1.93. The number of benzene rings is 2. The van der Waals surface area contributed by atoms with Gasteiger partial charge in [0.05, 0.1) is 11.9 Å². The van der Waals surface area contributed by atoms with Crippen molar-refractivity contribution < 1.29 is 19.7 Å². The molecule has 6 heteroatoms. The second-order valence-electron chi connectivity index (χ2n) is 4.93. The molecule has 0 aliphatic carbocycles. The molecule has 3 N–H and O–H groups in total. The van der Waals surface area contributed by atoms with Gasteiger partial charge in [0.25, 0.3) is 0 Å². The molecule has 6 nitrogen and oxygen atoms in total. The van der Waals surface area contributed by atoms with Crippen molar-refractivity contribution >= 4 is 0 Å². The van der Waals surface area contributed by atoms with E-state index in [1.165, 1.54) is 12.1 Å². The highest BCUT2D eigenvalue weighted by Gasteiger charge is 2.18. The zero-order valence-corrected chi connectivity index (χ0v) is 11.4. The average Bonchev–Trinajstić information content (AvgIpc) is 3.15. The molecule has 0 bridgehead atoms. The number of ether oxygens (including phenoxy) is 2. The van der Waals surface area contributed by atoms with Gasteiger partial charge < -0.3 is 19.7 Å². The summed E-state index contributed by atoms with van der Waals surface area (Å²) in [7, 11) is 0. The Morgan fingerprint density at radius 2 is 1.82 bits per heavy atom. The minimum Gasteiger partial charge on any atom is -0.508 e. The van der Waals surface area contributed by atoms with Crippen LogP contribution in [0.2, 0.25) is 0 Å². The molecule has 0 saturated carbocycles. The Bertz CT molecular complexity index is 857. The smallest absolute Gasteiger partial charge is 0.231 e. The van der Waals surface area contributed by atoms with Crippen molar-refractivity contribution in [2.24, 2.45) is 0 Å². The maximum Gasteiger partial charge on any atom is 0.231 e. The monoisotopic (exact) mass is 296 g/mol. The van der Waals surface area contributed by atoms with Crippen LogP contribution in [0.4, 0.5) is 0 Å². The summed E-state index contributed by atoms with van der Waals surface area (Å²) >= 11 is 0. The van der Waals surface area contributed by atoms with Gasteiger partial charge in [-0.3, -0.25) is 5.10 Å². The largest absolute Gasteiger partial charge is 0.508 e. The molecule has 2 aromatic carbocycles. The number of aromatic hydroxyl groups is 2. The van der Waals surface area contributed by atoms with Crippen LogP contribution in [0.15, 0.2) is 42.6 Å². The van der Waals surface area contributed by atoms with Crippen molar-refractivity contribution in [3.8, 4) is 45.4 Å². The third-order valence-corrected chi connectivity index (χ3v) is 3.57. The summed E-state index contributed by atoms with van der Waals surface area (Å²) in [6.45, 7) is 0.218. The molecule has 0 radical (unpaired) electrons. The number of phenolic OH excluding ortho intramolecular Hbond substituents is 2. The number of hydrogen-bond acceptors (Lipinski definition) is 5. The van der Waals surface area contributed by atoms with Gasteiger partial charge in [0, 0.05) is 17.2 Å². The number of hydrogen-bond donors (Lipinski definition) is 3. The first-order chi connectivity index (χ1) is 10.7. The van der Waals surface area contributed by atoms with E-state index in [0.717, 1.165) is 11.1 Å². The lowest BCUT2D eigenvalue weighted by Crippen LogP contribution is -1.92. The summed E-state index contributed by atoms with van der Waals surface area (Å²) in [5, 5.41) is 26.4. The van der Waals surface area contributed by atoms with Crippen molar-refractivity contribution in [3.63, 3.8) is 0 Å². The topological polar surface area (TPSA) is 87.6 Å².